The van der Waals surface area contributed by atoms with Crippen molar-refractivity contribution in [3.63, 3.8) is 0 Å². The molecule has 1 amide bonds. The zero-order valence-corrected chi connectivity index (χ0v) is 35.2. The maximum absolute atomic E-state index is 13.6. The molecule has 60 heavy (non-hydrogen) atoms. The number of benzene rings is 3. The minimum absolute atomic E-state index is 0.0760. The van der Waals surface area contributed by atoms with E-state index in [9.17, 15) is 28.2 Å². The van der Waals surface area contributed by atoms with Gasteiger partial charge < -0.3 is 30.6 Å². The lowest BCUT2D eigenvalue weighted by molar-refractivity contribution is -0.112. The van der Waals surface area contributed by atoms with E-state index in [0.717, 1.165) is 48.9 Å². The van der Waals surface area contributed by atoms with E-state index in [1.807, 2.05) is 26.0 Å². The number of amides is 1. The summed E-state index contributed by atoms with van der Waals surface area (Å²) in [5, 5.41) is 27.6. The van der Waals surface area contributed by atoms with Crippen LogP contribution in [0.5, 0.6) is 11.5 Å². The van der Waals surface area contributed by atoms with Crippen LogP contribution in [0, 0.1) is 13.8 Å². The number of aryl methyl sites for hydroxylation is 2. The van der Waals surface area contributed by atoms with Crippen LogP contribution in [0.4, 0.5) is 5.82 Å². The van der Waals surface area contributed by atoms with Gasteiger partial charge in [-0.3, -0.25) is 19.4 Å². The van der Waals surface area contributed by atoms with Crippen molar-refractivity contribution in [1.82, 2.24) is 25.1 Å². The second kappa shape index (κ2) is 18.9. The number of ether oxygens (including phenoxy) is 1. The fourth-order valence-electron chi connectivity index (χ4n) is 8.45. The summed E-state index contributed by atoms with van der Waals surface area (Å²) >= 11 is 0. The molecule has 1 aliphatic heterocycles. The highest BCUT2D eigenvalue weighted by atomic mass is 32.2. The number of hydrogen-bond donors (Lipinski definition) is 5. The number of aromatic hydroxyl groups is 1. The Morgan fingerprint density at radius 2 is 1.72 bits per heavy atom. The fraction of sp³-hybridized carbons (Fsp3) is 0.370. The Labute approximate surface area is 351 Å². The molecule has 0 radical (unpaired) electrons. The first-order valence-corrected chi connectivity index (χ1v) is 22.1. The van der Waals surface area contributed by atoms with Crippen LogP contribution in [0.25, 0.3) is 10.9 Å². The van der Waals surface area contributed by atoms with Gasteiger partial charge in [0.2, 0.25) is 15.4 Å². The minimum atomic E-state index is -3.82. The first-order valence-electron chi connectivity index (χ1n) is 20.7. The molecule has 14 heteroatoms. The summed E-state index contributed by atoms with van der Waals surface area (Å²) < 4.78 is 32.9. The van der Waals surface area contributed by atoms with Gasteiger partial charge in [0.25, 0.3) is 5.91 Å². The quantitative estimate of drug-likeness (QED) is 0.0615. The number of pyridine rings is 2. The lowest BCUT2D eigenvalue weighted by Crippen LogP contribution is -2.51. The normalized spacial score (nSPS) is 16.9. The Balaban J connectivity index is 0.897. The fourth-order valence-corrected chi connectivity index (χ4v) is 9.74. The third-order valence-electron chi connectivity index (χ3n) is 11.9. The van der Waals surface area contributed by atoms with Gasteiger partial charge >= 0.3 is 0 Å². The molecule has 0 unspecified atom stereocenters. The van der Waals surface area contributed by atoms with Gasteiger partial charge in [0.15, 0.2) is 0 Å². The number of hydrogen-bond acceptors (Lipinski definition) is 11. The maximum atomic E-state index is 13.6. The van der Waals surface area contributed by atoms with Crippen molar-refractivity contribution in [2.45, 2.75) is 87.4 Å². The Morgan fingerprint density at radius 1 is 0.967 bits per heavy atom. The third-order valence-corrected chi connectivity index (χ3v) is 13.7. The molecule has 3 heterocycles. The summed E-state index contributed by atoms with van der Waals surface area (Å²) in [6.07, 6.45) is 8.15. The average Bonchev–Trinajstić information content (AvgIpc) is 3.25. The Bertz CT molecular complexity index is 2490. The van der Waals surface area contributed by atoms with E-state index in [1.54, 1.807) is 42.5 Å². The van der Waals surface area contributed by atoms with Gasteiger partial charge in [-0.05, 0) is 104 Å². The van der Waals surface area contributed by atoms with Crippen LogP contribution < -0.4 is 20.9 Å². The highest BCUT2D eigenvalue weighted by Gasteiger charge is 2.28. The number of aliphatic hydroxyl groups is 1. The first kappa shape index (κ1) is 42.7. The predicted octanol–water partition coefficient (Wildman–Crippen LogP) is 6.44. The van der Waals surface area contributed by atoms with Gasteiger partial charge in [0, 0.05) is 74.6 Å². The number of phenols is 1. The number of sulfone groups is 1. The van der Waals surface area contributed by atoms with Gasteiger partial charge in [-0.1, -0.05) is 43.5 Å². The van der Waals surface area contributed by atoms with Crippen molar-refractivity contribution in [2.24, 2.45) is 0 Å². The summed E-state index contributed by atoms with van der Waals surface area (Å²) in [6, 6.07) is 22.0. The molecule has 316 valence electrons. The predicted molar refractivity (Wildman–Crippen MR) is 232 cm³/mol. The van der Waals surface area contributed by atoms with E-state index in [-0.39, 0.29) is 45.0 Å². The summed E-state index contributed by atoms with van der Waals surface area (Å²) in [4.78, 5) is 37.1. The van der Waals surface area contributed by atoms with Gasteiger partial charge in [0.1, 0.15) is 17.3 Å². The molecule has 0 spiro atoms. The zero-order valence-electron chi connectivity index (χ0n) is 34.4. The van der Waals surface area contributed by atoms with E-state index < -0.39 is 21.8 Å². The number of H-pyrrole nitrogens is 1. The number of phenolic OH excluding ortho intramolecular Hbond substituents is 1. The Hall–Kier alpha value is -5.38. The molecule has 2 atom stereocenters. The number of aliphatic hydroxyl groups excluding tert-OH is 1. The number of piperazine rings is 1. The van der Waals surface area contributed by atoms with Gasteiger partial charge in [-0.15, -0.1) is 0 Å². The minimum Gasteiger partial charge on any atom is -0.506 e. The van der Waals surface area contributed by atoms with Crippen molar-refractivity contribution in [2.75, 3.05) is 38.0 Å². The number of aromatic nitrogens is 2. The SMILES string of the molecule is Cc1cc(NC(=O)C=COc2cccc(S(=O)(=O)c3ccc([C@H](C)N4CCN(C5CCCCC5)CC4)cc3)c2)nc(C)c1CNC[C@H](O)c1ccc(O)c2[nH]c(=O)ccc12. The molecule has 3 aromatic carbocycles. The smallest absolute Gasteiger partial charge is 0.252 e. The Kier molecular flexibility index (Phi) is 13.5. The summed E-state index contributed by atoms with van der Waals surface area (Å²) in [6.45, 7) is 10.7. The van der Waals surface area contributed by atoms with Crippen LogP contribution in [-0.2, 0) is 21.2 Å². The standard InChI is InChI=1S/C46H54N6O7S/c1-30-26-43(48-31(2)40(30)28-47-29-42(54)38-16-18-41(53)46-39(38)17-19-44(55)50-46)49-45(56)20-25-59-35-10-7-11-37(27-35)60(57,58)36-14-12-33(13-15-36)32(3)51-21-23-52(24-22-51)34-8-5-4-6-9-34/h7,10-20,25-27,32,34,42,47,53-54H,4-6,8-9,21-24,28-29H2,1-3H3,(H,50,55)(H,48,49,56)/t32-,42-/m0/s1. The van der Waals surface area contributed by atoms with Crippen LogP contribution >= 0.6 is 0 Å². The van der Waals surface area contributed by atoms with E-state index >= 15 is 0 Å². The van der Waals surface area contributed by atoms with Crippen LogP contribution in [0.3, 0.4) is 0 Å². The maximum Gasteiger partial charge on any atom is 0.252 e. The van der Waals surface area contributed by atoms with Crippen molar-refractivity contribution < 1.29 is 28.2 Å². The first-order chi connectivity index (χ1) is 28.9. The van der Waals surface area contributed by atoms with Crippen LogP contribution in [0.15, 0.2) is 106 Å². The molecule has 1 saturated heterocycles. The van der Waals surface area contributed by atoms with Crippen molar-refractivity contribution in [3.05, 3.63) is 130 Å². The monoisotopic (exact) mass is 834 g/mol. The van der Waals surface area contributed by atoms with Crippen LogP contribution in [0.2, 0.25) is 0 Å². The second-order valence-electron chi connectivity index (χ2n) is 15.8. The molecule has 1 aliphatic carbocycles. The number of nitrogens with zero attached hydrogens (tertiary/aromatic N) is 3. The van der Waals surface area contributed by atoms with E-state index in [0.29, 0.717) is 29.0 Å². The highest BCUT2D eigenvalue weighted by molar-refractivity contribution is 7.91. The molecule has 2 aliphatic rings. The summed E-state index contributed by atoms with van der Waals surface area (Å²) in [7, 11) is -3.82. The van der Waals surface area contributed by atoms with Gasteiger partial charge in [0.05, 0.1) is 27.7 Å². The van der Waals surface area contributed by atoms with Crippen LogP contribution in [0.1, 0.15) is 79.1 Å². The Morgan fingerprint density at radius 3 is 2.45 bits per heavy atom. The molecular weight excluding hydrogens is 781 g/mol. The van der Waals surface area contributed by atoms with Gasteiger partial charge in [-0.2, -0.15) is 0 Å². The van der Waals surface area contributed by atoms with Gasteiger partial charge in [-0.25, -0.2) is 13.4 Å². The number of carbonyl (C=O) groups is 1. The number of rotatable bonds is 14. The lowest BCUT2D eigenvalue weighted by atomic mass is 9.93. The van der Waals surface area contributed by atoms with E-state index in [4.69, 9.17) is 4.74 Å². The number of carbonyl (C=O) groups excluding carboxylic acids is 1. The van der Waals surface area contributed by atoms with Crippen molar-refractivity contribution >= 4 is 32.5 Å². The summed E-state index contributed by atoms with van der Waals surface area (Å²) in [5.74, 6) is 0.0478. The van der Waals surface area contributed by atoms with Crippen molar-refractivity contribution in [3.8, 4) is 11.5 Å². The largest absolute Gasteiger partial charge is 0.506 e. The molecule has 5 N–H and O–H groups in total. The number of nitrogens with one attached hydrogen (secondary N) is 3. The molecule has 7 rings (SSSR count). The number of aromatic amines is 1. The van der Waals surface area contributed by atoms with Crippen molar-refractivity contribution in [1.29, 1.82) is 0 Å². The highest BCUT2D eigenvalue weighted by Crippen LogP contribution is 2.31. The number of anilines is 1. The molecule has 5 aromatic rings. The number of fused-ring (bicyclic) bond motifs is 1. The lowest BCUT2D eigenvalue weighted by Gasteiger charge is -2.42. The molecular formula is C46H54N6O7S. The van der Waals surface area contributed by atoms with Crippen LogP contribution in [-0.4, -0.2) is 83.1 Å². The zero-order chi connectivity index (χ0) is 42.4. The molecule has 13 nitrogen and oxygen atoms in total. The van der Waals surface area contributed by atoms with E-state index in [1.165, 1.54) is 68.7 Å². The topological polar surface area (TPSA) is 177 Å². The van der Waals surface area contributed by atoms with E-state index in [2.05, 4.69) is 37.3 Å². The molecule has 2 aromatic heterocycles. The third kappa shape index (κ3) is 9.96. The summed E-state index contributed by atoms with van der Waals surface area (Å²) in [5.41, 5.74) is 4.02. The molecule has 1 saturated carbocycles. The average molecular weight is 835 g/mol. The molecule has 0 bridgehead atoms. The second-order valence-corrected chi connectivity index (χ2v) is 17.8. The molecule has 2 fully saturated rings.